The van der Waals surface area contributed by atoms with Gasteiger partial charge in [0.1, 0.15) is 66.2 Å². The minimum atomic E-state index is -1.78. The van der Waals surface area contributed by atoms with Crippen LogP contribution in [-0.4, -0.2) is 215 Å². The molecule has 24 N–H and O–H groups in total. The lowest BCUT2D eigenvalue weighted by atomic mass is 10.00. The number of hydrogen-bond acceptors (Lipinski definition) is 19. The SMILES string of the molecule is CC(C)C[C@H](NC(=O)CNC(=O)[C@H](Cc1ccccc1)NC(=O)CNC(=O)[C@H](Cc1ccc(O)cc1)NC(=O)[C@H](CC(C)C)NC(=O)[C@H](CCCN=C(N)N)NC(=O)[C@H](CCC(N)=O)NC(=O)[C@H](C)NC(=O)[C@H](CO)NC(=O)[C@H](CO)NC(=O)[C@@H]1CCCN1C(=O)[C@H](C)N)C(N)=O. The fourth-order valence-electron chi connectivity index (χ4n) is 9.94. The quantitative estimate of drug-likeness (QED) is 0.0167. The number of aliphatic hydroxyl groups is 2. The number of nitrogens with zero attached hydrogens (tertiary/aromatic N) is 2. The third kappa shape index (κ3) is 29.2. The molecule has 0 unspecified atom stereocenters. The molecule has 1 saturated heterocycles. The van der Waals surface area contributed by atoms with E-state index in [-0.39, 0.29) is 81.6 Å². The molecule has 0 aromatic heterocycles. The summed E-state index contributed by atoms with van der Waals surface area (Å²) in [5.74, 6) is -13.3. The molecule has 1 fully saturated rings. The molecule has 2 aromatic carbocycles. The molecule has 11 atom stereocenters. The fourth-order valence-corrected chi connectivity index (χ4v) is 9.94. The molecule has 0 radical (unpaired) electrons. The Bertz CT molecular complexity index is 3080. The number of phenols is 1. The summed E-state index contributed by atoms with van der Waals surface area (Å²) in [5, 5.41) is 57.1. The number of benzene rings is 2. The van der Waals surface area contributed by atoms with Gasteiger partial charge >= 0.3 is 0 Å². The van der Waals surface area contributed by atoms with Gasteiger partial charge < -0.3 is 107 Å². The zero-order valence-corrected chi connectivity index (χ0v) is 55.4. The maximum atomic E-state index is 14.5. The summed E-state index contributed by atoms with van der Waals surface area (Å²) in [6.45, 7) is 6.48. The Morgan fingerprint density at radius 2 is 0.979 bits per heavy atom. The van der Waals surface area contributed by atoms with Gasteiger partial charge in [0.15, 0.2) is 5.96 Å². The summed E-state index contributed by atoms with van der Waals surface area (Å²) in [6, 6.07) is -1.26. The normalized spacial score (nSPS) is 15.7. The maximum Gasteiger partial charge on any atom is 0.245 e. The molecule has 1 heterocycles. The minimum Gasteiger partial charge on any atom is -0.508 e. The predicted octanol–water partition coefficient (Wildman–Crippen LogP) is -6.99. The van der Waals surface area contributed by atoms with Crippen LogP contribution in [0.15, 0.2) is 59.6 Å². The molecule has 1 aliphatic heterocycles. The van der Waals surface area contributed by atoms with Gasteiger partial charge in [-0.15, -0.1) is 0 Å². The van der Waals surface area contributed by atoms with E-state index in [4.69, 9.17) is 28.7 Å². The lowest BCUT2D eigenvalue weighted by Crippen LogP contribution is -2.61. The van der Waals surface area contributed by atoms with Gasteiger partial charge in [-0.25, -0.2) is 0 Å². The standard InChI is InChI=1S/C62H96N18O17/c1-32(2)24-41(51(65)87)72-49(85)28-69-53(89)43(26-36-12-8-7-9-13-36)73-50(86)29-70-54(90)44(27-37-16-18-38(83)19-17-37)77-57(93)42(25-33(3)4)76-55(91)39(14-10-22-68-62(66)67)75-56(92)40(20-21-48(64)84)74-52(88)35(6)71-58(94)45(30-81)78-59(95)46(31-82)79-60(96)47-15-11-23-80(47)61(97)34(5)63/h7-9,12-13,16-19,32-35,39-47,81-83H,10-11,14-15,20-31,63H2,1-6H3,(H2,64,84)(H2,65,87)(H,69,89)(H,70,90)(H,71,94)(H,72,85)(H,73,86)(H,74,88)(H,75,92)(H,76,91)(H,77,93)(H,78,95)(H,79,96)(H4,66,67,68)/t34-,35-,39-,40-,41-,42-,43-,44-,45-,46-,47-/m0/s1. The van der Waals surface area contributed by atoms with E-state index in [2.05, 4.69) is 63.5 Å². The van der Waals surface area contributed by atoms with Crippen molar-refractivity contribution in [3.8, 4) is 5.75 Å². The summed E-state index contributed by atoms with van der Waals surface area (Å²) in [6.07, 6.45) is -0.616. The summed E-state index contributed by atoms with van der Waals surface area (Å²) in [7, 11) is 0. The van der Waals surface area contributed by atoms with Gasteiger partial charge in [-0.05, 0) is 93.9 Å². The molecule has 35 heteroatoms. The topological polar surface area (TPSA) is 578 Å². The van der Waals surface area contributed by atoms with Crippen molar-refractivity contribution in [3.63, 3.8) is 0 Å². The first-order valence-corrected chi connectivity index (χ1v) is 31.7. The van der Waals surface area contributed by atoms with Gasteiger partial charge in [-0.3, -0.25) is 72.1 Å². The van der Waals surface area contributed by atoms with E-state index in [1.54, 1.807) is 44.2 Å². The number of aromatic hydroxyl groups is 1. The lowest BCUT2D eigenvalue weighted by molar-refractivity contribution is -0.140. The van der Waals surface area contributed by atoms with Crippen molar-refractivity contribution in [1.29, 1.82) is 0 Å². The van der Waals surface area contributed by atoms with E-state index in [0.717, 1.165) is 6.92 Å². The van der Waals surface area contributed by atoms with Crippen LogP contribution in [0.5, 0.6) is 5.75 Å². The number of guanidine groups is 1. The van der Waals surface area contributed by atoms with E-state index in [1.807, 2.05) is 13.8 Å². The lowest BCUT2D eigenvalue weighted by Gasteiger charge is -2.28. The molecule has 3 rings (SSSR count). The molecular weight excluding hydrogens is 1270 g/mol. The van der Waals surface area contributed by atoms with Crippen LogP contribution in [0.25, 0.3) is 0 Å². The Morgan fingerprint density at radius 3 is 1.51 bits per heavy atom. The van der Waals surface area contributed by atoms with Crippen LogP contribution in [-0.2, 0) is 80.0 Å². The third-order valence-corrected chi connectivity index (χ3v) is 15.0. The number of likely N-dealkylation sites (tertiary alicyclic amines) is 1. The van der Waals surface area contributed by atoms with Crippen LogP contribution in [0.4, 0.5) is 0 Å². The first-order valence-electron chi connectivity index (χ1n) is 31.7. The third-order valence-electron chi connectivity index (χ3n) is 15.0. The molecule has 97 heavy (non-hydrogen) atoms. The van der Waals surface area contributed by atoms with Gasteiger partial charge in [0.25, 0.3) is 0 Å². The Balaban J connectivity index is 1.84. The van der Waals surface area contributed by atoms with Crippen molar-refractivity contribution in [2.75, 3.05) is 39.4 Å². The summed E-state index contributed by atoms with van der Waals surface area (Å²) in [5.41, 5.74) is 28.7. The number of carbonyl (C=O) groups is 14. The van der Waals surface area contributed by atoms with E-state index < -0.39 is 188 Å². The number of nitrogens with two attached hydrogens (primary N) is 5. The van der Waals surface area contributed by atoms with Crippen molar-refractivity contribution in [2.45, 2.75) is 172 Å². The Morgan fingerprint density at radius 1 is 0.526 bits per heavy atom. The second-order valence-electron chi connectivity index (χ2n) is 24.3. The second kappa shape index (κ2) is 41.0. The first-order chi connectivity index (χ1) is 45.7. The summed E-state index contributed by atoms with van der Waals surface area (Å²) in [4.78, 5) is 193. The number of amides is 14. The van der Waals surface area contributed by atoms with Crippen LogP contribution in [0.3, 0.4) is 0 Å². The maximum absolute atomic E-state index is 14.5. The molecule has 0 bridgehead atoms. The second-order valence-corrected chi connectivity index (χ2v) is 24.3. The molecule has 2 aromatic rings. The molecule has 0 aliphatic carbocycles. The summed E-state index contributed by atoms with van der Waals surface area (Å²) >= 11 is 0. The van der Waals surface area contributed by atoms with E-state index >= 15 is 0 Å². The number of aliphatic imine (C=N–C) groups is 1. The van der Waals surface area contributed by atoms with Crippen molar-refractivity contribution in [1.82, 2.24) is 63.4 Å². The van der Waals surface area contributed by atoms with Crippen LogP contribution >= 0.6 is 0 Å². The summed E-state index contributed by atoms with van der Waals surface area (Å²) < 4.78 is 0. The zero-order chi connectivity index (χ0) is 72.6. The van der Waals surface area contributed by atoms with Crippen LogP contribution in [0.2, 0.25) is 0 Å². The van der Waals surface area contributed by atoms with Crippen LogP contribution < -0.4 is 87.2 Å². The molecule has 0 spiro atoms. The van der Waals surface area contributed by atoms with Gasteiger partial charge in [0, 0.05) is 32.4 Å². The van der Waals surface area contributed by atoms with Crippen molar-refractivity contribution in [3.05, 3.63) is 65.7 Å². The highest BCUT2D eigenvalue weighted by atomic mass is 16.3. The molecule has 35 nitrogen and oxygen atoms in total. The fraction of sp³-hybridized carbons (Fsp3) is 0.565. The molecule has 1 aliphatic rings. The minimum absolute atomic E-state index is 0.00444. The molecule has 0 saturated carbocycles. The molecular formula is C62H96N18O17. The van der Waals surface area contributed by atoms with Gasteiger partial charge in [-0.2, -0.15) is 0 Å². The van der Waals surface area contributed by atoms with Gasteiger partial charge in [0.05, 0.1) is 32.3 Å². The Labute approximate surface area is 561 Å². The Hall–Kier alpha value is -10.0. The molecule has 14 amide bonds. The van der Waals surface area contributed by atoms with E-state index in [1.165, 1.54) is 36.1 Å². The highest BCUT2D eigenvalue weighted by Gasteiger charge is 2.39. The number of aliphatic hydroxyl groups excluding tert-OH is 2. The zero-order valence-electron chi connectivity index (χ0n) is 55.4. The smallest absolute Gasteiger partial charge is 0.245 e. The van der Waals surface area contributed by atoms with Crippen LogP contribution in [0.1, 0.15) is 104 Å². The van der Waals surface area contributed by atoms with Gasteiger partial charge in [-0.1, -0.05) is 70.2 Å². The largest absolute Gasteiger partial charge is 0.508 e. The number of phenolic OH excluding ortho intramolecular Hbond substituents is 1. The average molecular weight is 1370 g/mol. The van der Waals surface area contributed by atoms with Crippen molar-refractivity contribution in [2.24, 2.45) is 45.5 Å². The van der Waals surface area contributed by atoms with Crippen molar-refractivity contribution < 1.29 is 82.4 Å². The number of primary amides is 2. The highest BCUT2D eigenvalue weighted by Crippen LogP contribution is 2.19. The predicted molar refractivity (Wildman–Crippen MR) is 350 cm³/mol. The van der Waals surface area contributed by atoms with Crippen LogP contribution in [0, 0.1) is 11.8 Å². The number of hydrogen-bond donors (Lipinski definition) is 19. The highest BCUT2D eigenvalue weighted by molar-refractivity contribution is 5.99. The van der Waals surface area contributed by atoms with E-state index in [9.17, 15) is 82.4 Å². The van der Waals surface area contributed by atoms with E-state index in [0.29, 0.717) is 17.5 Å². The number of rotatable bonds is 41. The number of carbonyl (C=O) groups excluding carboxylic acids is 14. The van der Waals surface area contributed by atoms with Gasteiger partial charge in [0.2, 0.25) is 82.7 Å². The van der Waals surface area contributed by atoms with Crippen molar-refractivity contribution >= 4 is 88.7 Å². The monoisotopic (exact) mass is 1360 g/mol. The first kappa shape index (κ1) is 81.2. The number of nitrogens with one attached hydrogen (secondary N) is 11. The Kier molecular flexibility index (Phi) is 34.4. The molecule has 536 valence electrons. The average Bonchev–Trinajstić information content (AvgIpc) is 1.79.